The first kappa shape index (κ1) is 24.9. The lowest BCUT2D eigenvalue weighted by atomic mass is 9.85. The fraction of sp³-hybridized carbons (Fsp3) is 0. The third-order valence-electron chi connectivity index (χ3n) is 8.18. The third-order valence-corrected chi connectivity index (χ3v) is 11.0. The number of rotatable bonds is 4. The van der Waals surface area contributed by atoms with Crippen LogP contribution in [0.3, 0.4) is 0 Å². The van der Waals surface area contributed by atoms with Crippen molar-refractivity contribution in [2.24, 2.45) is 0 Å². The summed E-state index contributed by atoms with van der Waals surface area (Å²) in [7, 11) is 0. The van der Waals surface area contributed by atoms with E-state index < -0.39 is 0 Å². The number of hydrogen-bond donors (Lipinski definition) is 0. The minimum atomic E-state index is 1.04. The summed E-state index contributed by atoms with van der Waals surface area (Å²) in [5.74, 6) is 0. The van der Waals surface area contributed by atoms with Crippen molar-refractivity contribution in [3.05, 3.63) is 132 Å². The summed E-state index contributed by atoms with van der Waals surface area (Å²) in [5.41, 5.74) is 7.23. The predicted octanol–water partition coefficient (Wildman–Crippen LogP) is 11.9. The smallest absolute Gasteiger partial charge is 0.123 e. The van der Waals surface area contributed by atoms with Gasteiger partial charge < -0.3 is 0 Å². The number of hydrogen-bond acceptors (Lipinski definition) is 5. The molecule has 0 N–H and O–H groups in total. The topological polar surface area (TPSA) is 25.8 Å². The number of benzene rings is 6. The number of nitrogens with zero attached hydrogens (tertiary/aromatic N) is 2. The molecule has 0 bridgehead atoms. The first-order valence-corrected chi connectivity index (χ1v) is 16.7. The fourth-order valence-corrected chi connectivity index (χ4v) is 8.76. The standard InChI is InChI=1S/C38H22N2S3/c1-2-13-29-28(12-1)35(23-7-5-9-25(19-23)37-39-15-17-41-37)31-21-30-27-11-3-4-14-33(27)43-34(30)22-32(31)36(29)24-8-6-10-26(20-24)38-40-16-18-42-38/h1-22H. The molecule has 9 aromatic rings. The van der Waals surface area contributed by atoms with E-state index in [4.69, 9.17) is 0 Å². The normalized spacial score (nSPS) is 11.7. The van der Waals surface area contributed by atoms with Crippen molar-refractivity contribution in [3.8, 4) is 43.4 Å². The van der Waals surface area contributed by atoms with Crippen LogP contribution in [-0.4, -0.2) is 9.97 Å². The molecule has 202 valence electrons. The molecule has 3 heterocycles. The maximum atomic E-state index is 4.61. The van der Waals surface area contributed by atoms with Gasteiger partial charge in [-0.2, -0.15) is 0 Å². The van der Waals surface area contributed by atoms with Gasteiger partial charge in [0, 0.05) is 54.5 Å². The summed E-state index contributed by atoms with van der Waals surface area (Å²) in [5, 5.41) is 13.8. The van der Waals surface area contributed by atoms with E-state index in [9.17, 15) is 0 Å². The first-order valence-electron chi connectivity index (χ1n) is 14.1. The van der Waals surface area contributed by atoms with Crippen molar-refractivity contribution in [2.75, 3.05) is 0 Å². The van der Waals surface area contributed by atoms with Crippen LogP contribution in [0.4, 0.5) is 0 Å². The fourth-order valence-electron chi connectivity index (χ4n) is 6.36. The molecule has 0 saturated carbocycles. The highest BCUT2D eigenvalue weighted by atomic mass is 32.1. The quantitative estimate of drug-likeness (QED) is 0.187. The van der Waals surface area contributed by atoms with E-state index in [1.807, 2.05) is 34.5 Å². The molecule has 9 rings (SSSR count). The Labute approximate surface area is 260 Å². The Morgan fingerprint density at radius 3 is 1.51 bits per heavy atom. The zero-order valence-corrected chi connectivity index (χ0v) is 25.3. The third kappa shape index (κ3) is 4.04. The first-order chi connectivity index (χ1) is 21.3. The maximum absolute atomic E-state index is 4.61. The van der Waals surface area contributed by atoms with Crippen molar-refractivity contribution < 1.29 is 0 Å². The van der Waals surface area contributed by atoms with Crippen LogP contribution in [0.5, 0.6) is 0 Å². The SMILES string of the molecule is c1cc(-c2nccs2)cc(-c2c3ccccc3c(-c3cccc(-c4nccs4)c3)c3cc4c(cc23)sc2ccccc24)c1. The van der Waals surface area contributed by atoms with E-state index in [0.29, 0.717) is 0 Å². The Kier molecular flexibility index (Phi) is 5.76. The van der Waals surface area contributed by atoms with E-state index in [1.54, 1.807) is 22.7 Å². The van der Waals surface area contributed by atoms with Gasteiger partial charge in [0.25, 0.3) is 0 Å². The molecule has 43 heavy (non-hydrogen) atoms. The van der Waals surface area contributed by atoms with E-state index in [-0.39, 0.29) is 0 Å². The molecule has 0 unspecified atom stereocenters. The molecule has 0 aliphatic heterocycles. The molecule has 0 aliphatic rings. The highest BCUT2D eigenvalue weighted by Crippen LogP contribution is 2.47. The summed E-state index contributed by atoms with van der Waals surface area (Å²) in [6.07, 6.45) is 3.76. The van der Waals surface area contributed by atoms with Gasteiger partial charge in [-0.25, -0.2) is 9.97 Å². The number of thiazole rings is 2. The molecule has 0 radical (unpaired) electrons. The van der Waals surface area contributed by atoms with Gasteiger partial charge in [-0.15, -0.1) is 34.0 Å². The maximum Gasteiger partial charge on any atom is 0.123 e. The zero-order valence-electron chi connectivity index (χ0n) is 22.8. The van der Waals surface area contributed by atoms with Gasteiger partial charge in [0.05, 0.1) is 0 Å². The van der Waals surface area contributed by atoms with Crippen LogP contribution < -0.4 is 0 Å². The van der Waals surface area contributed by atoms with Crippen molar-refractivity contribution in [3.63, 3.8) is 0 Å². The molecular weight excluding hydrogens is 581 g/mol. The molecule has 0 atom stereocenters. The van der Waals surface area contributed by atoms with Crippen molar-refractivity contribution in [2.45, 2.75) is 0 Å². The highest BCUT2D eigenvalue weighted by Gasteiger charge is 2.20. The average Bonchev–Trinajstić information content (AvgIpc) is 3.85. The largest absolute Gasteiger partial charge is 0.245 e. The molecule has 5 heteroatoms. The van der Waals surface area contributed by atoms with Gasteiger partial charge >= 0.3 is 0 Å². The molecule has 0 amide bonds. The second-order valence-corrected chi connectivity index (χ2v) is 13.5. The second kappa shape index (κ2) is 9.96. The van der Waals surface area contributed by atoms with Gasteiger partial charge in [-0.05, 0) is 74.1 Å². The van der Waals surface area contributed by atoms with E-state index >= 15 is 0 Å². The monoisotopic (exact) mass is 602 g/mol. The molecule has 0 saturated heterocycles. The van der Waals surface area contributed by atoms with Crippen molar-refractivity contribution in [1.82, 2.24) is 9.97 Å². The molecule has 0 fully saturated rings. The Morgan fingerprint density at radius 2 is 0.930 bits per heavy atom. The van der Waals surface area contributed by atoms with Gasteiger partial charge in [0.1, 0.15) is 10.0 Å². The van der Waals surface area contributed by atoms with Crippen LogP contribution in [0.1, 0.15) is 0 Å². The Bertz CT molecular complexity index is 2450. The zero-order chi connectivity index (χ0) is 28.3. The number of fused-ring (bicyclic) bond motifs is 5. The van der Waals surface area contributed by atoms with E-state index in [2.05, 4.69) is 119 Å². The number of aromatic nitrogens is 2. The summed E-state index contributed by atoms with van der Waals surface area (Å²) < 4.78 is 2.63. The predicted molar refractivity (Wildman–Crippen MR) is 187 cm³/mol. The van der Waals surface area contributed by atoms with Crippen LogP contribution in [0.15, 0.2) is 132 Å². The molecule has 0 spiro atoms. The van der Waals surface area contributed by atoms with Crippen LogP contribution in [0.25, 0.3) is 85.1 Å². The minimum absolute atomic E-state index is 1.04. The summed E-state index contributed by atoms with van der Waals surface area (Å²) in [6.45, 7) is 0. The summed E-state index contributed by atoms with van der Waals surface area (Å²) >= 11 is 5.23. The van der Waals surface area contributed by atoms with E-state index in [1.165, 1.54) is 64.0 Å². The number of thiophene rings is 1. The lowest BCUT2D eigenvalue weighted by Gasteiger charge is -2.19. The molecule has 0 aliphatic carbocycles. The van der Waals surface area contributed by atoms with Gasteiger partial charge in [0.15, 0.2) is 0 Å². The Hall–Kier alpha value is -4.68. The van der Waals surface area contributed by atoms with Crippen LogP contribution >= 0.6 is 34.0 Å². The molecule has 3 aromatic heterocycles. The Balaban J connectivity index is 1.43. The van der Waals surface area contributed by atoms with Crippen LogP contribution in [-0.2, 0) is 0 Å². The van der Waals surface area contributed by atoms with Gasteiger partial charge in [0.2, 0.25) is 0 Å². The minimum Gasteiger partial charge on any atom is -0.245 e. The van der Waals surface area contributed by atoms with Crippen molar-refractivity contribution >= 4 is 75.7 Å². The lowest BCUT2D eigenvalue weighted by molar-refractivity contribution is 1.41. The Morgan fingerprint density at radius 1 is 0.395 bits per heavy atom. The second-order valence-electron chi connectivity index (χ2n) is 10.6. The molecule has 2 nitrogen and oxygen atoms in total. The average molecular weight is 603 g/mol. The van der Waals surface area contributed by atoms with Gasteiger partial charge in [-0.3, -0.25) is 0 Å². The van der Waals surface area contributed by atoms with E-state index in [0.717, 1.165) is 21.1 Å². The van der Waals surface area contributed by atoms with Crippen LogP contribution in [0.2, 0.25) is 0 Å². The summed E-state index contributed by atoms with van der Waals surface area (Å²) in [4.78, 5) is 9.22. The summed E-state index contributed by atoms with van der Waals surface area (Å²) in [6, 6.07) is 40.3. The molecule has 6 aromatic carbocycles. The highest BCUT2D eigenvalue weighted by molar-refractivity contribution is 7.25. The van der Waals surface area contributed by atoms with Crippen molar-refractivity contribution in [1.29, 1.82) is 0 Å². The lowest BCUT2D eigenvalue weighted by Crippen LogP contribution is -1.92. The van der Waals surface area contributed by atoms with Gasteiger partial charge in [-0.1, -0.05) is 78.9 Å². The van der Waals surface area contributed by atoms with Crippen LogP contribution in [0, 0.1) is 0 Å². The molecular formula is C38H22N2S3.